The Kier molecular flexibility index (Phi) is 11.3. The van der Waals surface area contributed by atoms with Crippen LogP contribution in [0.15, 0.2) is 109 Å². The lowest BCUT2D eigenvalue weighted by atomic mass is 9.78. The van der Waals surface area contributed by atoms with Gasteiger partial charge in [-0.3, -0.25) is 9.11 Å². The first-order valence-electron chi connectivity index (χ1n) is 18.6. The number of benzene rings is 4. The zero-order valence-electron chi connectivity index (χ0n) is 31.2. The second-order valence-electron chi connectivity index (χ2n) is 15.5. The predicted octanol–water partition coefficient (Wildman–Crippen LogP) is 9.37. The van der Waals surface area contributed by atoms with E-state index in [2.05, 4.69) is 141 Å². The van der Waals surface area contributed by atoms with E-state index in [4.69, 9.17) is 0 Å². The molecule has 2 aliphatic heterocycles. The van der Waals surface area contributed by atoms with Gasteiger partial charge in [0.2, 0.25) is 0 Å². The quantitative estimate of drug-likeness (QED) is 0.0701. The van der Waals surface area contributed by atoms with Crippen LogP contribution in [0.2, 0.25) is 0 Å². The Morgan fingerprint density at radius 1 is 0.660 bits per heavy atom. The summed E-state index contributed by atoms with van der Waals surface area (Å²) in [5.74, 6) is -0.475. The van der Waals surface area contributed by atoms with Gasteiger partial charge in [0.15, 0.2) is 0 Å². The van der Waals surface area contributed by atoms with Crippen LogP contribution in [0.4, 0.5) is 11.4 Å². The maximum absolute atomic E-state index is 11.4. The van der Waals surface area contributed by atoms with Crippen LogP contribution in [0.1, 0.15) is 77.3 Å². The Bertz CT molecular complexity index is 2290. The Morgan fingerprint density at radius 3 is 1.83 bits per heavy atom. The molecule has 4 aromatic rings. The number of anilines is 2. The van der Waals surface area contributed by atoms with Crippen LogP contribution in [0.3, 0.4) is 0 Å². The van der Waals surface area contributed by atoms with Crippen LogP contribution in [0, 0.1) is 0 Å². The fourth-order valence-corrected chi connectivity index (χ4v) is 9.68. The molecule has 282 valence electrons. The molecular formula is C43H52N2O6S2. The lowest BCUT2D eigenvalue weighted by molar-refractivity contribution is 0.467. The summed E-state index contributed by atoms with van der Waals surface area (Å²) in [7, 11) is -7.99. The first-order chi connectivity index (χ1) is 25.1. The molecule has 0 radical (unpaired) electrons. The van der Waals surface area contributed by atoms with Gasteiger partial charge in [0.25, 0.3) is 20.2 Å². The largest absolute Gasteiger partial charge is 0.364 e. The normalized spacial score (nSPS) is 19.0. The summed E-state index contributed by atoms with van der Waals surface area (Å²) in [5, 5.41) is 4.84. The third-order valence-corrected chi connectivity index (χ3v) is 12.6. The van der Waals surface area contributed by atoms with Gasteiger partial charge < -0.3 is 9.80 Å². The van der Waals surface area contributed by atoms with Crippen LogP contribution in [0.25, 0.3) is 21.5 Å². The minimum absolute atomic E-state index is 0.0853. The second-order valence-corrected chi connectivity index (χ2v) is 18.6. The van der Waals surface area contributed by atoms with Gasteiger partial charge in [-0.2, -0.15) is 16.8 Å². The number of unbranched alkanes of at least 4 members (excludes halogenated alkanes) is 3. The van der Waals surface area contributed by atoms with E-state index in [0.717, 1.165) is 24.2 Å². The summed E-state index contributed by atoms with van der Waals surface area (Å²) in [4.78, 5) is 4.71. The van der Waals surface area contributed by atoms with Crippen molar-refractivity contribution < 1.29 is 25.9 Å². The molecule has 2 aliphatic rings. The number of allylic oxidation sites excluding steroid dienone is 5. The van der Waals surface area contributed by atoms with Crippen molar-refractivity contribution in [3.05, 3.63) is 120 Å². The van der Waals surface area contributed by atoms with Crippen LogP contribution in [-0.4, -0.2) is 56.6 Å². The third kappa shape index (κ3) is 8.41. The summed E-state index contributed by atoms with van der Waals surface area (Å²) in [6.45, 7) is 10.4. The summed E-state index contributed by atoms with van der Waals surface area (Å²) in [5.41, 5.74) is 5.58. The minimum Gasteiger partial charge on any atom is -0.364 e. The van der Waals surface area contributed by atoms with Crippen LogP contribution < -0.4 is 9.80 Å². The van der Waals surface area contributed by atoms with Crippen molar-refractivity contribution >= 4 is 53.2 Å². The molecule has 0 fully saturated rings. The summed E-state index contributed by atoms with van der Waals surface area (Å²) < 4.78 is 64.1. The molecule has 1 atom stereocenters. The predicted molar refractivity (Wildman–Crippen MR) is 219 cm³/mol. The molecule has 2 N–H and O–H groups in total. The van der Waals surface area contributed by atoms with Gasteiger partial charge in [-0.15, -0.1) is 0 Å². The molecule has 2 heterocycles. The average molecular weight is 757 g/mol. The molecular weight excluding hydrogens is 705 g/mol. The van der Waals surface area contributed by atoms with Crippen LogP contribution in [-0.2, 0) is 31.1 Å². The highest BCUT2D eigenvalue weighted by Gasteiger charge is 2.44. The average Bonchev–Trinajstić information content (AvgIpc) is 3.45. The first-order valence-corrected chi connectivity index (χ1v) is 21.8. The highest BCUT2D eigenvalue weighted by atomic mass is 32.2. The minimum atomic E-state index is -4.00. The van der Waals surface area contributed by atoms with E-state index in [1.807, 2.05) is 0 Å². The number of fused-ring (bicyclic) bond motifs is 6. The Morgan fingerprint density at radius 2 is 1.21 bits per heavy atom. The molecule has 0 amide bonds. The summed E-state index contributed by atoms with van der Waals surface area (Å²) in [6.07, 6.45) is 14.8. The Hall–Kier alpha value is -3.96. The molecule has 0 bridgehead atoms. The second kappa shape index (κ2) is 15.4. The lowest BCUT2D eigenvalue weighted by Crippen LogP contribution is -2.40. The van der Waals surface area contributed by atoms with Crippen molar-refractivity contribution in [2.75, 3.05) is 34.4 Å². The summed E-state index contributed by atoms with van der Waals surface area (Å²) in [6, 6.07) is 25.6. The van der Waals surface area contributed by atoms with Crippen molar-refractivity contribution in [1.82, 2.24) is 0 Å². The fraction of sp³-hybridized carbons (Fsp3) is 0.395. The van der Waals surface area contributed by atoms with E-state index >= 15 is 0 Å². The third-order valence-electron chi connectivity index (χ3n) is 11.0. The summed E-state index contributed by atoms with van der Waals surface area (Å²) >= 11 is 0. The van der Waals surface area contributed by atoms with Crippen molar-refractivity contribution in [1.29, 1.82) is 0 Å². The van der Waals surface area contributed by atoms with E-state index in [0.29, 0.717) is 38.8 Å². The van der Waals surface area contributed by atoms with Crippen molar-refractivity contribution in [3.63, 3.8) is 0 Å². The SMILES string of the molecule is CC1(C)/C(=C\C=C\CC/C=C/[C@H]2N(CCCCS(=O)(=O)O)c3ccc4ccccc4c3C2(C)C)N(CCCCS(=O)(=O)O)c2ccc3ccccc3c21. The zero-order chi connectivity index (χ0) is 38.0. The molecule has 6 rings (SSSR count). The highest BCUT2D eigenvalue weighted by Crippen LogP contribution is 2.51. The van der Waals surface area contributed by atoms with Gasteiger partial charge in [0, 0.05) is 41.0 Å². The van der Waals surface area contributed by atoms with Gasteiger partial charge in [0.1, 0.15) is 0 Å². The molecule has 0 aromatic heterocycles. The maximum Gasteiger partial charge on any atom is 0.264 e. The Balaban J connectivity index is 1.19. The van der Waals surface area contributed by atoms with Crippen molar-refractivity contribution in [2.24, 2.45) is 0 Å². The van der Waals surface area contributed by atoms with Gasteiger partial charge in [-0.25, -0.2) is 0 Å². The number of nitrogens with zero attached hydrogens (tertiary/aromatic N) is 2. The Labute approximate surface area is 315 Å². The molecule has 0 aliphatic carbocycles. The molecule has 0 unspecified atom stereocenters. The van der Waals surface area contributed by atoms with E-state index in [1.165, 1.54) is 38.4 Å². The first kappa shape index (κ1) is 38.8. The van der Waals surface area contributed by atoms with E-state index in [9.17, 15) is 25.9 Å². The molecule has 53 heavy (non-hydrogen) atoms. The monoisotopic (exact) mass is 756 g/mol. The number of hydrogen-bond acceptors (Lipinski definition) is 6. The van der Waals surface area contributed by atoms with Gasteiger partial charge in [-0.05, 0) is 89.4 Å². The van der Waals surface area contributed by atoms with Gasteiger partial charge in [-0.1, -0.05) is 113 Å². The van der Waals surface area contributed by atoms with Gasteiger partial charge in [0.05, 0.1) is 17.5 Å². The molecule has 4 aromatic carbocycles. The van der Waals surface area contributed by atoms with Crippen LogP contribution in [0.5, 0.6) is 0 Å². The molecule has 0 spiro atoms. The highest BCUT2D eigenvalue weighted by molar-refractivity contribution is 7.86. The number of hydrogen-bond donors (Lipinski definition) is 2. The fourth-order valence-electron chi connectivity index (χ4n) is 8.54. The smallest absolute Gasteiger partial charge is 0.264 e. The molecule has 0 saturated carbocycles. The van der Waals surface area contributed by atoms with Crippen molar-refractivity contribution in [3.8, 4) is 0 Å². The van der Waals surface area contributed by atoms with E-state index < -0.39 is 20.2 Å². The topological polar surface area (TPSA) is 115 Å². The lowest BCUT2D eigenvalue weighted by Gasteiger charge is -2.32. The van der Waals surface area contributed by atoms with Crippen LogP contribution >= 0.6 is 0 Å². The number of rotatable bonds is 15. The van der Waals surface area contributed by atoms with Crippen molar-refractivity contribution in [2.45, 2.75) is 83.1 Å². The zero-order valence-corrected chi connectivity index (χ0v) is 32.8. The molecule has 8 nitrogen and oxygen atoms in total. The van der Waals surface area contributed by atoms with Gasteiger partial charge >= 0.3 is 0 Å². The standard InChI is InChI=1S/C43H52N2O6S2/c1-42(2)38(44(28-14-16-30-52(46,47)48)36-26-24-32-18-10-12-20-34(32)40(36)42)22-8-6-5-7-9-23-39-43(3,4)41-35-21-13-11-19-33(35)25-27-37(41)45(39)29-15-17-31-53(49,50)51/h6,8-13,18-27,39H,5,7,14-17,28-31H2,1-4H3,(H,46,47,48)(H,49,50,51)/b8-6+,23-9+,38-22+/t39-/m1/s1. The molecule has 10 heteroatoms. The van der Waals surface area contributed by atoms with E-state index in [1.54, 1.807) is 0 Å². The maximum atomic E-state index is 11.4. The van der Waals surface area contributed by atoms with E-state index in [-0.39, 0.29) is 28.4 Å². The molecule has 0 saturated heterocycles.